The predicted molar refractivity (Wildman–Crippen MR) is 122 cm³/mol. The van der Waals surface area contributed by atoms with Crippen LogP contribution in [-0.4, -0.2) is 40.5 Å². The Morgan fingerprint density at radius 2 is 1.97 bits per heavy atom. The summed E-state index contributed by atoms with van der Waals surface area (Å²) in [4.78, 5) is 16.4. The van der Waals surface area contributed by atoms with Gasteiger partial charge in [-0.05, 0) is 29.3 Å². The first-order chi connectivity index (χ1) is 15.2. The third-order valence-corrected chi connectivity index (χ3v) is 6.29. The second kappa shape index (κ2) is 8.60. The van der Waals surface area contributed by atoms with Crippen molar-refractivity contribution < 1.29 is 18.3 Å². The van der Waals surface area contributed by atoms with Crippen LogP contribution in [0.4, 0.5) is 5.69 Å². The Kier molecular flexibility index (Phi) is 5.86. The molecule has 8 nitrogen and oxygen atoms in total. The molecule has 2 N–H and O–H groups in total. The lowest BCUT2D eigenvalue weighted by Gasteiger charge is -2.09. The number of hydrogen-bond acceptors (Lipinski definition) is 6. The Hall–Kier alpha value is -3.43. The smallest absolute Gasteiger partial charge is 0.228 e. The molecule has 4 aromatic rings. The average Bonchev–Trinajstić information content (AvgIpc) is 3.12. The minimum Gasteiger partial charge on any atom is -0.493 e. The molecule has 2 heterocycles. The van der Waals surface area contributed by atoms with Crippen LogP contribution in [0, 0.1) is 0 Å². The number of hydrogen-bond donors (Lipinski definition) is 2. The minimum atomic E-state index is -3.59. The van der Waals surface area contributed by atoms with Crippen LogP contribution in [-0.2, 0) is 27.6 Å². The largest absolute Gasteiger partial charge is 0.493 e. The van der Waals surface area contributed by atoms with E-state index in [-0.39, 0.29) is 23.1 Å². The van der Waals surface area contributed by atoms with E-state index in [1.165, 1.54) is 18.3 Å². The lowest BCUT2D eigenvalue weighted by molar-refractivity contribution is -0.115. The van der Waals surface area contributed by atoms with Gasteiger partial charge in [-0.1, -0.05) is 35.9 Å². The molecular formula is C22H19ClN4O4S. The summed E-state index contributed by atoms with van der Waals surface area (Å²) in [5, 5.41) is 17.5. The van der Waals surface area contributed by atoms with E-state index in [9.17, 15) is 18.3 Å². The molecule has 0 saturated heterocycles. The van der Waals surface area contributed by atoms with Crippen molar-refractivity contribution in [3.63, 3.8) is 0 Å². The van der Waals surface area contributed by atoms with E-state index in [1.807, 2.05) is 0 Å². The van der Waals surface area contributed by atoms with Crippen LogP contribution in [0.5, 0.6) is 5.88 Å². The number of nitrogens with zero attached hydrogens (tertiary/aromatic N) is 3. The second-order valence-corrected chi connectivity index (χ2v) is 9.74. The molecule has 0 spiro atoms. The number of aromatic hydroxyl groups is 1. The van der Waals surface area contributed by atoms with Crippen molar-refractivity contribution >= 4 is 43.9 Å². The number of sulfone groups is 1. The van der Waals surface area contributed by atoms with Gasteiger partial charge in [0, 0.05) is 40.8 Å². The maximum atomic E-state index is 12.5. The second-order valence-electron chi connectivity index (χ2n) is 7.35. The molecule has 0 fully saturated rings. The van der Waals surface area contributed by atoms with Gasteiger partial charge in [0.2, 0.25) is 11.8 Å². The van der Waals surface area contributed by atoms with Gasteiger partial charge in [0.15, 0.2) is 9.84 Å². The number of benzene rings is 2. The van der Waals surface area contributed by atoms with E-state index < -0.39 is 9.84 Å². The number of carbonyl (C=O) groups excluding carboxylic acids is 1. The third-order valence-electron chi connectivity index (χ3n) is 4.78. The topological polar surface area (TPSA) is 114 Å². The fourth-order valence-corrected chi connectivity index (χ4v) is 4.42. The molecular weight excluding hydrogens is 452 g/mol. The monoisotopic (exact) mass is 470 g/mol. The average molecular weight is 471 g/mol. The Labute approximate surface area is 189 Å². The van der Waals surface area contributed by atoms with Gasteiger partial charge in [-0.15, -0.1) is 0 Å². The zero-order valence-corrected chi connectivity index (χ0v) is 18.6. The van der Waals surface area contributed by atoms with Gasteiger partial charge in [-0.25, -0.2) is 13.4 Å². The molecule has 164 valence electrons. The third kappa shape index (κ3) is 4.90. The van der Waals surface area contributed by atoms with Gasteiger partial charge in [0.05, 0.1) is 23.4 Å². The first-order valence-electron chi connectivity index (χ1n) is 9.57. The molecule has 10 heteroatoms. The van der Waals surface area contributed by atoms with Crippen molar-refractivity contribution in [2.45, 2.75) is 17.9 Å². The number of pyridine rings is 1. The lowest BCUT2D eigenvalue weighted by atomic mass is 10.1. The van der Waals surface area contributed by atoms with E-state index in [0.29, 0.717) is 33.7 Å². The van der Waals surface area contributed by atoms with Gasteiger partial charge in [0.25, 0.3) is 0 Å². The normalized spacial score (nSPS) is 11.6. The fourth-order valence-electron chi connectivity index (χ4n) is 3.32. The zero-order chi connectivity index (χ0) is 22.9. The summed E-state index contributed by atoms with van der Waals surface area (Å²) >= 11 is 6.12. The maximum Gasteiger partial charge on any atom is 0.228 e. The number of amides is 1. The summed E-state index contributed by atoms with van der Waals surface area (Å²) < 4.78 is 26.4. The highest BCUT2D eigenvalue weighted by molar-refractivity contribution is 7.91. The number of aromatic nitrogens is 3. The van der Waals surface area contributed by atoms with Gasteiger partial charge < -0.3 is 10.4 Å². The standard InChI is InChI=1S/C22H19ClN4O4S/c1-32(30,31)20-10-16(25-22(29)8-15-4-2-3-5-18(15)23)9-19-17(20)13-27(26-19)12-14-6-7-21(28)24-11-14/h2-7,9-11,13H,8,12H2,1H3,(H,24,28)(H,25,29). The van der Waals surface area contributed by atoms with Crippen LogP contribution in [0.1, 0.15) is 11.1 Å². The van der Waals surface area contributed by atoms with Crippen LogP contribution < -0.4 is 5.32 Å². The SMILES string of the molecule is CS(=O)(=O)c1cc(NC(=O)Cc2ccccc2Cl)cc2nn(Cc3ccc(O)nc3)cc12. The van der Waals surface area contributed by atoms with Gasteiger partial charge >= 0.3 is 0 Å². The molecule has 4 rings (SSSR count). The maximum absolute atomic E-state index is 12.5. The molecule has 0 saturated carbocycles. The van der Waals surface area contributed by atoms with Crippen LogP contribution in [0.15, 0.2) is 65.8 Å². The number of carbonyl (C=O) groups is 1. The summed E-state index contributed by atoms with van der Waals surface area (Å²) in [7, 11) is -3.59. The molecule has 0 aliphatic heterocycles. The molecule has 0 radical (unpaired) electrons. The highest BCUT2D eigenvalue weighted by Crippen LogP contribution is 2.28. The Morgan fingerprint density at radius 1 is 1.19 bits per heavy atom. The number of fused-ring (bicyclic) bond motifs is 1. The van der Waals surface area contributed by atoms with E-state index in [2.05, 4.69) is 15.4 Å². The van der Waals surface area contributed by atoms with Gasteiger partial charge in [-0.2, -0.15) is 5.10 Å². The molecule has 0 bridgehead atoms. The highest BCUT2D eigenvalue weighted by atomic mass is 35.5. The highest BCUT2D eigenvalue weighted by Gasteiger charge is 2.18. The zero-order valence-electron chi connectivity index (χ0n) is 17.0. The van der Waals surface area contributed by atoms with E-state index in [1.54, 1.807) is 47.3 Å². The molecule has 2 aromatic heterocycles. The van der Waals surface area contributed by atoms with Crippen LogP contribution in [0.2, 0.25) is 5.02 Å². The first kappa shape index (κ1) is 21.8. The van der Waals surface area contributed by atoms with Crippen molar-refractivity contribution in [2.75, 3.05) is 11.6 Å². The van der Waals surface area contributed by atoms with E-state index >= 15 is 0 Å². The van der Waals surface area contributed by atoms with E-state index in [0.717, 1.165) is 11.8 Å². The lowest BCUT2D eigenvalue weighted by Crippen LogP contribution is -2.15. The predicted octanol–water partition coefficient (Wildman–Crippen LogP) is 3.42. The van der Waals surface area contributed by atoms with E-state index in [4.69, 9.17) is 11.6 Å². The Balaban J connectivity index is 1.65. The van der Waals surface area contributed by atoms with Crippen molar-refractivity contribution in [3.8, 4) is 5.88 Å². The van der Waals surface area contributed by atoms with Gasteiger partial charge in [-0.3, -0.25) is 9.48 Å². The Bertz CT molecular complexity index is 1420. The number of rotatable bonds is 6. The van der Waals surface area contributed by atoms with Crippen molar-refractivity contribution in [2.24, 2.45) is 0 Å². The fraction of sp³-hybridized carbons (Fsp3) is 0.136. The summed E-state index contributed by atoms with van der Waals surface area (Å²) in [6, 6.07) is 13.2. The number of nitrogens with one attached hydrogen (secondary N) is 1. The Morgan fingerprint density at radius 3 is 2.66 bits per heavy atom. The molecule has 32 heavy (non-hydrogen) atoms. The molecule has 0 aliphatic carbocycles. The molecule has 1 amide bonds. The van der Waals surface area contributed by atoms with Gasteiger partial charge in [0.1, 0.15) is 0 Å². The van der Waals surface area contributed by atoms with Crippen molar-refractivity contribution in [3.05, 3.63) is 77.1 Å². The van der Waals surface area contributed by atoms with Crippen molar-refractivity contribution in [1.29, 1.82) is 0 Å². The first-order valence-corrected chi connectivity index (χ1v) is 11.8. The van der Waals surface area contributed by atoms with Crippen molar-refractivity contribution in [1.82, 2.24) is 14.8 Å². The molecule has 0 unspecified atom stereocenters. The summed E-state index contributed by atoms with van der Waals surface area (Å²) in [5.74, 6) is -0.414. The number of halogens is 1. The van der Waals surface area contributed by atoms with Crippen LogP contribution in [0.25, 0.3) is 10.9 Å². The summed E-state index contributed by atoms with van der Waals surface area (Å²) in [5.41, 5.74) is 2.20. The molecule has 0 aliphatic rings. The van der Waals surface area contributed by atoms with Crippen LogP contribution in [0.3, 0.4) is 0 Å². The quantitative estimate of drug-likeness (QED) is 0.446. The summed E-state index contributed by atoms with van der Waals surface area (Å²) in [6.45, 7) is 0.333. The van der Waals surface area contributed by atoms with Crippen LogP contribution >= 0.6 is 11.6 Å². The molecule has 0 atom stereocenters. The number of anilines is 1. The summed E-state index contributed by atoms with van der Waals surface area (Å²) in [6.07, 6.45) is 4.31. The molecule has 2 aromatic carbocycles. The minimum absolute atomic E-state index is 0.0498.